The van der Waals surface area contributed by atoms with Crippen LogP contribution in [0.2, 0.25) is 0 Å². The number of halogens is 1. The van der Waals surface area contributed by atoms with E-state index < -0.39 is 4.32 Å². The highest BCUT2D eigenvalue weighted by Crippen LogP contribution is 2.53. The van der Waals surface area contributed by atoms with Crippen LogP contribution in [0.4, 0.5) is 0 Å². The molecule has 1 aliphatic rings. The maximum Gasteiger partial charge on any atom is 0.103 e. The summed E-state index contributed by atoms with van der Waals surface area (Å²) in [6.45, 7) is 0. The Bertz CT molecular complexity index is 1750. The molecule has 0 radical (unpaired) electrons. The maximum atomic E-state index is 4.44. The van der Waals surface area contributed by atoms with Gasteiger partial charge in [0.1, 0.15) is 4.32 Å². The number of hydrogen-bond acceptors (Lipinski definition) is 0. The number of alkyl halides is 1. The first-order valence-electron chi connectivity index (χ1n) is 12.3. The van der Waals surface area contributed by atoms with Crippen molar-refractivity contribution in [2.75, 3.05) is 0 Å². The van der Waals surface area contributed by atoms with Crippen LogP contribution in [0.5, 0.6) is 0 Å². The van der Waals surface area contributed by atoms with Gasteiger partial charge in [-0.15, -0.1) is 0 Å². The first kappa shape index (κ1) is 21.4. The van der Waals surface area contributed by atoms with E-state index >= 15 is 0 Å². The molecule has 7 rings (SSSR count). The highest BCUT2D eigenvalue weighted by Gasteiger charge is 2.44. The molecule has 170 valence electrons. The van der Waals surface area contributed by atoms with E-state index in [1.54, 1.807) is 0 Å². The van der Waals surface area contributed by atoms with Crippen molar-refractivity contribution in [2.45, 2.75) is 4.32 Å². The lowest BCUT2D eigenvalue weighted by atomic mass is 9.81. The molecule has 0 saturated heterocycles. The van der Waals surface area contributed by atoms with Crippen molar-refractivity contribution in [3.63, 3.8) is 0 Å². The fraction of sp³-hybridized carbons (Fsp3) is 0.0286. The van der Waals surface area contributed by atoms with Gasteiger partial charge in [0.2, 0.25) is 0 Å². The molecule has 0 saturated carbocycles. The summed E-state index contributed by atoms with van der Waals surface area (Å²) in [4.78, 5) is 0. The monoisotopic (exact) mass is 522 g/mol. The zero-order valence-electron chi connectivity index (χ0n) is 19.7. The van der Waals surface area contributed by atoms with E-state index in [2.05, 4.69) is 155 Å². The summed E-state index contributed by atoms with van der Waals surface area (Å²) in [7, 11) is 0. The Morgan fingerprint density at radius 3 is 1.11 bits per heavy atom. The van der Waals surface area contributed by atoms with E-state index in [1.165, 1.54) is 59.8 Å². The van der Waals surface area contributed by atoms with Gasteiger partial charge < -0.3 is 0 Å². The number of benzene rings is 6. The Morgan fingerprint density at radius 2 is 0.694 bits per heavy atom. The van der Waals surface area contributed by atoms with Crippen molar-refractivity contribution in [3.8, 4) is 0 Å². The molecule has 0 aliphatic heterocycles. The molecule has 0 aromatic heterocycles. The molecule has 0 fully saturated rings. The van der Waals surface area contributed by atoms with Crippen LogP contribution in [0.3, 0.4) is 0 Å². The van der Waals surface area contributed by atoms with Crippen LogP contribution in [-0.4, -0.2) is 0 Å². The highest BCUT2D eigenvalue weighted by atomic mass is 79.9. The van der Waals surface area contributed by atoms with Crippen LogP contribution in [-0.2, 0) is 4.32 Å². The smallest absolute Gasteiger partial charge is 0.0695 e. The first-order chi connectivity index (χ1) is 17.8. The maximum absolute atomic E-state index is 4.44. The van der Waals surface area contributed by atoms with Crippen LogP contribution < -0.4 is 10.4 Å². The Morgan fingerprint density at radius 1 is 0.361 bits per heavy atom. The summed E-state index contributed by atoms with van der Waals surface area (Å²) in [6.07, 6.45) is 0. The largest absolute Gasteiger partial charge is 0.103 e. The molecule has 1 heteroatoms. The zero-order valence-corrected chi connectivity index (χ0v) is 21.2. The number of rotatable bonds is 3. The second-order valence-corrected chi connectivity index (χ2v) is 10.5. The molecular weight excluding hydrogens is 500 g/mol. The van der Waals surface area contributed by atoms with E-state index in [0.29, 0.717) is 0 Å². The SMILES string of the molecule is BrC1(c2ccccc2)C(c2ccccc2)=c2c(c3ccccc3c3ccccc23)=C1c1ccccc1. The minimum Gasteiger partial charge on any atom is -0.0695 e. The van der Waals surface area contributed by atoms with Crippen LogP contribution in [0.1, 0.15) is 16.7 Å². The average Bonchev–Trinajstić information content (AvgIpc) is 3.25. The molecule has 0 unspecified atom stereocenters. The first-order valence-corrected chi connectivity index (χ1v) is 13.1. The van der Waals surface area contributed by atoms with Gasteiger partial charge >= 0.3 is 0 Å². The van der Waals surface area contributed by atoms with Gasteiger partial charge in [0.25, 0.3) is 0 Å². The van der Waals surface area contributed by atoms with Gasteiger partial charge in [0.15, 0.2) is 0 Å². The highest BCUT2D eigenvalue weighted by molar-refractivity contribution is 9.10. The molecule has 6 aromatic carbocycles. The van der Waals surface area contributed by atoms with Crippen molar-refractivity contribution in [1.29, 1.82) is 0 Å². The third kappa shape index (κ3) is 3.00. The molecule has 0 N–H and O–H groups in total. The van der Waals surface area contributed by atoms with Crippen LogP contribution in [0, 0.1) is 0 Å². The van der Waals surface area contributed by atoms with Gasteiger partial charge in [0, 0.05) is 0 Å². The van der Waals surface area contributed by atoms with Crippen molar-refractivity contribution in [2.24, 2.45) is 0 Å². The standard InChI is InChI=1S/C35H23Br/c36-35(26-18-8-3-9-19-26)33(24-14-4-1-5-15-24)31-29-22-12-10-20-27(29)28-21-11-13-23-30(28)32(31)34(35)25-16-6-2-7-17-25/h1-23H. The Kier molecular flexibility index (Phi) is 4.94. The summed E-state index contributed by atoms with van der Waals surface area (Å²) in [6, 6.07) is 50.4. The Hall–Kier alpha value is -3.94. The molecule has 1 aliphatic carbocycles. The van der Waals surface area contributed by atoms with E-state index in [0.717, 1.165) is 0 Å². The molecule has 0 heterocycles. The number of hydrogen-bond donors (Lipinski definition) is 0. The fourth-order valence-corrected chi connectivity index (χ4v) is 7.10. The molecule has 0 spiro atoms. The van der Waals surface area contributed by atoms with Gasteiger partial charge in [-0.25, -0.2) is 0 Å². The lowest BCUT2D eigenvalue weighted by Gasteiger charge is -2.31. The van der Waals surface area contributed by atoms with Crippen molar-refractivity contribution in [1.82, 2.24) is 0 Å². The molecule has 6 aromatic rings. The predicted molar refractivity (Wildman–Crippen MR) is 156 cm³/mol. The van der Waals surface area contributed by atoms with Gasteiger partial charge in [0.05, 0.1) is 0 Å². The second-order valence-electron chi connectivity index (χ2n) is 9.35. The normalized spacial score (nSPS) is 14.4. The molecule has 0 nitrogen and oxygen atoms in total. The average molecular weight is 523 g/mol. The second kappa shape index (κ2) is 8.33. The molecule has 0 atom stereocenters. The molecule has 36 heavy (non-hydrogen) atoms. The molecular formula is C35H23Br. The van der Waals surface area contributed by atoms with E-state index in [9.17, 15) is 0 Å². The third-order valence-corrected chi connectivity index (χ3v) is 8.67. The van der Waals surface area contributed by atoms with Gasteiger partial charge in [-0.05, 0) is 59.8 Å². The van der Waals surface area contributed by atoms with E-state index in [-0.39, 0.29) is 0 Å². The summed E-state index contributed by atoms with van der Waals surface area (Å²) in [5.74, 6) is 0. The van der Waals surface area contributed by atoms with Gasteiger partial charge in [-0.2, -0.15) is 0 Å². The van der Waals surface area contributed by atoms with Gasteiger partial charge in [-0.3, -0.25) is 0 Å². The van der Waals surface area contributed by atoms with Crippen molar-refractivity contribution in [3.05, 3.63) is 167 Å². The Balaban J connectivity index is 1.86. The van der Waals surface area contributed by atoms with E-state index in [1.807, 2.05) is 0 Å². The van der Waals surface area contributed by atoms with E-state index in [4.69, 9.17) is 0 Å². The minimum atomic E-state index is -0.522. The summed E-state index contributed by atoms with van der Waals surface area (Å²) >= 11 is 4.44. The fourth-order valence-electron chi connectivity index (χ4n) is 5.98. The van der Waals surface area contributed by atoms with Gasteiger partial charge in [-0.1, -0.05) is 155 Å². The third-order valence-electron chi connectivity index (χ3n) is 7.42. The van der Waals surface area contributed by atoms with Crippen LogP contribution in [0.15, 0.2) is 140 Å². The van der Waals surface area contributed by atoms with Crippen LogP contribution >= 0.6 is 15.9 Å². The molecule has 0 amide bonds. The quantitative estimate of drug-likeness (QED) is 0.165. The summed E-state index contributed by atoms with van der Waals surface area (Å²) in [5.41, 5.74) is 6.28. The number of fused-ring (bicyclic) bond motifs is 6. The topological polar surface area (TPSA) is 0 Å². The zero-order chi connectivity index (χ0) is 24.1. The van der Waals surface area contributed by atoms with Crippen LogP contribution in [0.25, 0.3) is 32.7 Å². The summed E-state index contributed by atoms with van der Waals surface area (Å²) in [5, 5.41) is 7.78. The van der Waals surface area contributed by atoms with Crippen molar-refractivity contribution < 1.29 is 0 Å². The lowest BCUT2D eigenvalue weighted by molar-refractivity contribution is 1.07. The summed E-state index contributed by atoms with van der Waals surface area (Å²) < 4.78 is -0.522. The minimum absolute atomic E-state index is 0.522. The molecule has 0 bridgehead atoms. The predicted octanol–water partition coefficient (Wildman–Crippen LogP) is 7.70. The van der Waals surface area contributed by atoms with Crippen molar-refractivity contribution >= 4 is 48.6 Å². The Labute approximate surface area is 219 Å². The lowest BCUT2D eigenvalue weighted by Crippen LogP contribution is -2.27.